The summed E-state index contributed by atoms with van der Waals surface area (Å²) in [5.74, 6) is -0.345. The lowest BCUT2D eigenvalue weighted by Crippen LogP contribution is -2.53. The van der Waals surface area contributed by atoms with E-state index in [2.05, 4.69) is 17.1 Å². The van der Waals surface area contributed by atoms with Crippen molar-refractivity contribution in [2.75, 3.05) is 32.8 Å². The van der Waals surface area contributed by atoms with Gasteiger partial charge in [-0.05, 0) is 64.3 Å². The Kier molecular flexibility index (Phi) is 6.45. The van der Waals surface area contributed by atoms with Crippen molar-refractivity contribution >= 4 is 11.9 Å². The minimum atomic E-state index is -1.29. The minimum Gasteiger partial charge on any atom is -0.487 e. The van der Waals surface area contributed by atoms with Gasteiger partial charge >= 0.3 is 6.03 Å². The number of piperidine rings is 1. The van der Waals surface area contributed by atoms with E-state index in [1.807, 2.05) is 13.8 Å². The van der Waals surface area contributed by atoms with Crippen LogP contribution < -0.4 is 10.1 Å². The van der Waals surface area contributed by atoms with Crippen LogP contribution in [0, 0.1) is 5.82 Å². The zero-order chi connectivity index (χ0) is 22.9. The van der Waals surface area contributed by atoms with E-state index in [0.29, 0.717) is 30.4 Å². The van der Waals surface area contributed by atoms with Crippen LogP contribution in [0.15, 0.2) is 18.2 Å². The number of hydrogen-bond acceptors (Lipinski definition) is 5. The summed E-state index contributed by atoms with van der Waals surface area (Å²) < 4.78 is 25.9. The number of rotatable bonds is 7. The third-order valence-electron chi connectivity index (χ3n) is 6.60. The fourth-order valence-corrected chi connectivity index (χ4v) is 5.16. The topological polar surface area (TPSA) is 71.1 Å². The smallest absolute Gasteiger partial charge is 0.325 e. The van der Waals surface area contributed by atoms with Crippen molar-refractivity contribution in [3.63, 3.8) is 0 Å². The maximum absolute atomic E-state index is 14.0. The van der Waals surface area contributed by atoms with Crippen molar-refractivity contribution in [1.29, 1.82) is 0 Å². The molecular formula is C24H34FN3O4. The first kappa shape index (κ1) is 23.0. The number of imide groups is 1. The summed E-state index contributed by atoms with van der Waals surface area (Å²) in [5, 5.41) is 2.88. The Morgan fingerprint density at radius 2 is 1.97 bits per heavy atom. The number of ether oxygens (including phenoxy) is 2. The summed E-state index contributed by atoms with van der Waals surface area (Å²) in [6, 6.07) is 3.72. The zero-order valence-corrected chi connectivity index (χ0v) is 19.3. The number of carbonyl (C=O) groups is 2. The molecule has 176 valence electrons. The molecule has 1 N–H and O–H groups in total. The van der Waals surface area contributed by atoms with Crippen molar-refractivity contribution in [2.24, 2.45) is 0 Å². The summed E-state index contributed by atoms with van der Waals surface area (Å²) >= 11 is 0. The van der Waals surface area contributed by atoms with Crippen molar-refractivity contribution in [2.45, 2.75) is 70.1 Å². The Morgan fingerprint density at radius 3 is 2.69 bits per heavy atom. The van der Waals surface area contributed by atoms with Crippen LogP contribution in [0.3, 0.4) is 0 Å². The number of halogens is 1. The Hall–Kier alpha value is -2.19. The molecular weight excluding hydrogens is 413 g/mol. The second-order valence-corrected chi connectivity index (χ2v) is 9.74. The Labute approximate surface area is 189 Å². The van der Waals surface area contributed by atoms with E-state index in [-0.39, 0.29) is 12.3 Å². The van der Waals surface area contributed by atoms with Gasteiger partial charge in [-0.2, -0.15) is 0 Å². The molecule has 1 spiro atoms. The van der Waals surface area contributed by atoms with Crippen molar-refractivity contribution in [3.05, 3.63) is 29.6 Å². The van der Waals surface area contributed by atoms with Crippen LogP contribution in [0.4, 0.5) is 9.18 Å². The number of carbonyl (C=O) groups excluding carboxylic acids is 2. The predicted octanol–water partition coefficient (Wildman–Crippen LogP) is 3.42. The lowest BCUT2D eigenvalue weighted by molar-refractivity contribution is -0.134. The van der Waals surface area contributed by atoms with Gasteiger partial charge in [-0.3, -0.25) is 9.69 Å². The molecule has 0 aromatic heterocycles. The third-order valence-corrected chi connectivity index (χ3v) is 6.60. The molecule has 3 amide bonds. The number of urea groups is 1. The van der Waals surface area contributed by atoms with Crippen LogP contribution in [0.25, 0.3) is 0 Å². The van der Waals surface area contributed by atoms with Gasteiger partial charge < -0.3 is 19.7 Å². The second kappa shape index (κ2) is 8.98. The molecule has 8 heteroatoms. The molecule has 32 heavy (non-hydrogen) atoms. The zero-order valence-electron chi connectivity index (χ0n) is 19.3. The van der Waals surface area contributed by atoms with E-state index < -0.39 is 23.0 Å². The van der Waals surface area contributed by atoms with Crippen molar-refractivity contribution in [1.82, 2.24) is 15.1 Å². The molecule has 2 fully saturated rings. The fourth-order valence-electron chi connectivity index (χ4n) is 5.16. The van der Waals surface area contributed by atoms with Gasteiger partial charge in [0.05, 0.1) is 6.10 Å². The number of nitrogens with one attached hydrogen (secondary N) is 1. The number of nitrogens with zero attached hydrogens (tertiary/aromatic N) is 2. The number of hydrogen-bond donors (Lipinski definition) is 1. The quantitative estimate of drug-likeness (QED) is 0.649. The maximum atomic E-state index is 14.0. The highest BCUT2D eigenvalue weighted by Crippen LogP contribution is 2.46. The van der Waals surface area contributed by atoms with Gasteiger partial charge in [0.15, 0.2) is 5.54 Å². The molecule has 1 aromatic carbocycles. The monoisotopic (exact) mass is 447 g/mol. The molecule has 2 saturated heterocycles. The Morgan fingerprint density at radius 1 is 1.22 bits per heavy atom. The number of benzene rings is 1. The highest BCUT2D eigenvalue weighted by atomic mass is 19.1. The first-order valence-electron chi connectivity index (χ1n) is 11.7. The lowest BCUT2D eigenvalue weighted by Gasteiger charge is -2.42. The van der Waals surface area contributed by atoms with Crippen molar-refractivity contribution < 1.29 is 23.5 Å². The lowest BCUT2D eigenvalue weighted by atomic mass is 9.77. The first-order chi connectivity index (χ1) is 15.2. The highest BCUT2D eigenvalue weighted by molar-refractivity contribution is 6.08. The van der Waals surface area contributed by atoms with Crippen LogP contribution in [0.5, 0.6) is 5.75 Å². The molecule has 4 rings (SSSR count). The van der Waals surface area contributed by atoms with Gasteiger partial charge in [0.2, 0.25) is 0 Å². The Balaban J connectivity index is 1.39. The Bertz CT molecular complexity index is 869. The predicted molar refractivity (Wildman–Crippen MR) is 118 cm³/mol. The summed E-state index contributed by atoms with van der Waals surface area (Å²) in [6.07, 6.45) is 4.37. The van der Waals surface area contributed by atoms with E-state index in [0.717, 1.165) is 45.5 Å². The summed E-state index contributed by atoms with van der Waals surface area (Å²) in [7, 11) is 0. The van der Waals surface area contributed by atoms with E-state index in [9.17, 15) is 14.0 Å². The maximum Gasteiger partial charge on any atom is 0.325 e. The molecule has 3 heterocycles. The van der Waals surface area contributed by atoms with Gasteiger partial charge in [-0.15, -0.1) is 0 Å². The van der Waals surface area contributed by atoms with Crippen molar-refractivity contribution in [3.8, 4) is 5.75 Å². The number of fused-ring (bicyclic) bond motifs is 2. The van der Waals surface area contributed by atoms with Crippen LogP contribution in [-0.2, 0) is 15.1 Å². The molecule has 0 radical (unpaired) electrons. The standard InChI is InChI=1S/C24H34FN3O4/c1-4-14-31-18-8-12-27(13-9-18)10-5-11-28-21(29)24(26-22(28)30)16-23(2,3)32-20-7-6-17(25)15-19(20)24/h6-7,15,18H,4-5,8-14,16H2,1-3H3,(H,26,30). The average molecular weight is 448 g/mol. The highest BCUT2D eigenvalue weighted by Gasteiger charge is 2.58. The van der Waals surface area contributed by atoms with E-state index in [4.69, 9.17) is 9.47 Å². The summed E-state index contributed by atoms with van der Waals surface area (Å²) in [4.78, 5) is 30.0. The molecule has 1 unspecified atom stereocenters. The third kappa shape index (κ3) is 4.48. The molecule has 7 nitrogen and oxygen atoms in total. The van der Waals surface area contributed by atoms with Crippen LogP contribution >= 0.6 is 0 Å². The summed E-state index contributed by atoms with van der Waals surface area (Å²) in [5.41, 5.74) is -1.56. The molecule has 1 atom stereocenters. The van der Waals surface area contributed by atoms with Crippen LogP contribution in [0.2, 0.25) is 0 Å². The second-order valence-electron chi connectivity index (χ2n) is 9.74. The molecule has 0 saturated carbocycles. The number of likely N-dealkylation sites (tertiary alicyclic amines) is 1. The fraction of sp³-hybridized carbons (Fsp3) is 0.667. The van der Waals surface area contributed by atoms with Crippen LogP contribution in [-0.4, -0.2) is 66.2 Å². The molecule has 0 bridgehead atoms. The van der Waals surface area contributed by atoms with E-state index in [1.54, 1.807) is 0 Å². The molecule has 3 aliphatic heterocycles. The van der Waals surface area contributed by atoms with Gasteiger partial charge in [0, 0.05) is 38.2 Å². The van der Waals surface area contributed by atoms with Gasteiger partial charge in [0.25, 0.3) is 5.91 Å². The van der Waals surface area contributed by atoms with E-state index >= 15 is 0 Å². The van der Waals surface area contributed by atoms with Gasteiger partial charge in [-0.1, -0.05) is 6.92 Å². The molecule has 3 aliphatic rings. The first-order valence-corrected chi connectivity index (χ1v) is 11.7. The van der Waals surface area contributed by atoms with Gasteiger partial charge in [-0.25, -0.2) is 9.18 Å². The normalized spacial score (nSPS) is 25.7. The summed E-state index contributed by atoms with van der Waals surface area (Å²) in [6.45, 7) is 9.77. The SMILES string of the molecule is CCCOC1CCN(CCCN2C(=O)NC3(CC(C)(C)Oc4ccc(F)cc43)C2=O)CC1. The van der Waals surface area contributed by atoms with E-state index in [1.165, 1.54) is 23.1 Å². The molecule has 1 aromatic rings. The van der Waals surface area contributed by atoms with Gasteiger partial charge in [0.1, 0.15) is 17.2 Å². The minimum absolute atomic E-state index is 0.253. The molecule has 0 aliphatic carbocycles. The average Bonchev–Trinajstić information content (AvgIpc) is 2.97. The number of amides is 3. The van der Waals surface area contributed by atoms with Crippen LogP contribution in [0.1, 0.15) is 58.4 Å². The largest absolute Gasteiger partial charge is 0.487 e.